The van der Waals surface area contributed by atoms with Gasteiger partial charge in [-0.25, -0.2) is 0 Å². The van der Waals surface area contributed by atoms with Gasteiger partial charge in [0.25, 0.3) is 0 Å². The molecular formula is C44H27NO2. The van der Waals surface area contributed by atoms with E-state index in [9.17, 15) is 0 Å². The van der Waals surface area contributed by atoms with Gasteiger partial charge < -0.3 is 13.7 Å². The average Bonchev–Trinajstić information content (AvgIpc) is 3.70. The Morgan fingerprint density at radius 2 is 0.957 bits per heavy atom. The molecule has 8 aromatic carbocycles. The van der Waals surface area contributed by atoms with Crippen LogP contribution in [0.15, 0.2) is 173 Å². The molecule has 0 unspecified atom stereocenters. The number of hydrogen-bond donors (Lipinski definition) is 0. The van der Waals surface area contributed by atoms with Crippen molar-refractivity contribution >= 4 is 82.5 Å². The lowest BCUT2D eigenvalue weighted by Crippen LogP contribution is -2.09. The summed E-state index contributed by atoms with van der Waals surface area (Å²) >= 11 is 0. The predicted molar refractivity (Wildman–Crippen MR) is 196 cm³/mol. The standard InChI is InChI=1S/C44H27NO2/c1-2-11-33(12-3-1)45(34-19-16-29(17-20-34)32-15-14-28-8-4-5-10-31(28)26-32)35-21-23-37-41(27-35)46-39-24-25-40-43(42(37)39)38-22-18-30-9-6-7-13-36(30)44(38)47-40/h1-27H. The molecule has 0 bridgehead atoms. The zero-order valence-electron chi connectivity index (χ0n) is 25.4. The average molecular weight is 602 g/mol. The van der Waals surface area contributed by atoms with Crippen LogP contribution in [0, 0.1) is 0 Å². The summed E-state index contributed by atoms with van der Waals surface area (Å²) in [5.74, 6) is 0. The maximum absolute atomic E-state index is 6.57. The third-order valence-corrected chi connectivity index (χ3v) is 9.43. The molecule has 0 N–H and O–H groups in total. The Balaban J connectivity index is 1.11. The van der Waals surface area contributed by atoms with E-state index in [4.69, 9.17) is 8.83 Å². The predicted octanol–water partition coefficient (Wildman–Crippen LogP) is 12.9. The largest absolute Gasteiger partial charge is 0.456 e. The first-order chi connectivity index (χ1) is 23.3. The summed E-state index contributed by atoms with van der Waals surface area (Å²) in [6, 6.07) is 57.8. The van der Waals surface area contributed by atoms with E-state index in [0.29, 0.717) is 0 Å². The van der Waals surface area contributed by atoms with Crippen LogP contribution in [-0.2, 0) is 0 Å². The van der Waals surface area contributed by atoms with Crippen LogP contribution in [-0.4, -0.2) is 0 Å². The normalized spacial score (nSPS) is 11.8. The van der Waals surface area contributed by atoms with Crippen molar-refractivity contribution in [3.8, 4) is 11.1 Å². The lowest BCUT2D eigenvalue weighted by atomic mass is 10.0. The molecule has 0 saturated carbocycles. The number of benzene rings is 8. The quantitative estimate of drug-likeness (QED) is 0.201. The second-order valence-electron chi connectivity index (χ2n) is 12.1. The van der Waals surface area contributed by atoms with Gasteiger partial charge in [0.1, 0.15) is 22.3 Å². The molecule has 0 fully saturated rings. The van der Waals surface area contributed by atoms with Crippen LogP contribution in [0.3, 0.4) is 0 Å². The fraction of sp³-hybridized carbons (Fsp3) is 0. The summed E-state index contributed by atoms with van der Waals surface area (Å²) < 4.78 is 13.1. The molecule has 10 aromatic rings. The Bertz CT molecular complexity index is 2790. The van der Waals surface area contributed by atoms with Crippen LogP contribution in [0.2, 0.25) is 0 Å². The topological polar surface area (TPSA) is 29.5 Å². The highest BCUT2D eigenvalue weighted by Gasteiger charge is 2.20. The maximum atomic E-state index is 6.57. The second kappa shape index (κ2) is 10.1. The number of nitrogens with zero attached hydrogens (tertiary/aromatic N) is 1. The smallest absolute Gasteiger partial charge is 0.143 e. The van der Waals surface area contributed by atoms with Crippen molar-refractivity contribution in [3.05, 3.63) is 164 Å². The van der Waals surface area contributed by atoms with Crippen LogP contribution in [0.5, 0.6) is 0 Å². The Labute approximate surface area is 270 Å². The van der Waals surface area contributed by atoms with Gasteiger partial charge in [0.15, 0.2) is 0 Å². The summed E-state index contributed by atoms with van der Waals surface area (Å²) in [5.41, 5.74) is 9.05. The molecule has 3 heteroatoms. The molecule has 0 atom stereocenters. The third kappa shape index (κ3) is 4.07. The first-order valence-electron chi connectivity index (χ1n) is 15.9. The van der Waals surface area contributed by atoms with Crippen LogP contribution in [0.25, 0.3) is 76.5 Å². The monoisotopic (exact) mass is 601 g/mol. The van der Waals surface area contributed by atoms with E-state index in [-0.39, 0.29) is 0 Å². The molecule has 2 aromatic heterocycles. The molecule has 0 radical (unpaired) electrons. The molecular weight excluding hydrogens is 574 g/mol. The second-order valence-corrected chi connectivity index (χ2v) is 12.1. The minimum Gasteiger partial charge on any atom is -0.456 e. The van der Waals surface area contributed by atoms with Crippen molar-refractivity contribution in [2.45, 2.75) is 0 Å². The van der Waals surface area contributed by atoms with Gasteiger partial charge in [-0.15, -0.1) is 0 Å². The van der Waals surface area contributed by atoms with E-state index in [2.05, 4.69) is 157 Å². The number of hydrogen-bond acceptors (Lipinski definition) is 3. The fourth-order valence-electron chi connectivity index (χ4n) is 7.18. The van der Waals surface area contributed by atoms with E-state index < -0.39 is 0 Å². The van der Waals surface area contributed by atoms with Gasteiger partial charge in [0, 0.05) is 50.1 Å². The molecule has 2 heterocycles. The molecule has 10 rings (SSSR count). The van der Waals surface area contributed by atoms with Crippen molar-refractivity contribution in [1.82, 2.24) is 0 Å². The maximum Gasteiger partial charge on any atom is 0.143 e. The molecule has 0 amide bonds. The van der Waals surface area contributed by atoms with Gasteiger partial charge >= 0.3 is 0 Å². The van der Waals surface area contributed by atoms with Gasteiger partial charge in [-0.3, -0.25) is 0 Å². The van der Waals surface area contributed by atoms with Crippen molar-refractivity contribution in [2.24, 2.45) is 0 Å². The van der Waals surface area contributed by atoms with Crippen LogP contribution < -0.4 is 4.90 Å². The van der Waals surface area contributed by atoms with Crippen molar-refractivity contribution < 1.29 is 8.83 Å². The molecule has 220 valence electrons. The Morgan fingerprint density at radius 3 is 1.81 bits per heavy atom. The zero-order chi connectivity index (χ0) is 30.9. The molecule has 47 heavy (non-hydrogen) atoms. The highest BCUT2D eigenvalue weighted by atomic mass is 16.3. The first kappa shape index (κ1) is 26.0. The third-order valence-electron chi connectivity index (χ3n) is 9.43. The van der Waals surface area contributed by atoms with Gasteiger partial charge in [0.2, 0.25) is 0 Å². The number of anilines is 3. The van der Waals surface area contributed by atoms with Gasteiger partial charge in [-0.1, -0.05) is 97.1 Å². The first-order valence-corrected chi connectivity index (χ1v) is 15.9. The molecule has 0 spiro atoms. The molecule has 3 nitrogen and oxygen atoms in total. The SMILES string of the molecule is c1ccc(N(c2ccc(-c3ccc4ccccc4c3)cc2)c2ccc3c(c2)oc2ccc4oc5c6ccccc6ccc5c4c23)cc1. The minimum atomic E-state index is 0.842. The molecule has 0 aliphatic carbocycles. The molecule has 0 aliphatic heterocycles. The van der Waals surface area contributed by atoms with Crippen LogP contribution >= 0.6 is 0 Å². The number of para-hydroxylation sites is 1. The number of furan rings is 2. The summed E-state index contributed by atoms with van der Waals surface area (Å²) in [6.07, 6.45) is 0. The van der Waals surface area contributed by atoms with Gasteiger partial charge in [-0.2, -0.15) is 0 Å². The Kier molecular flexibility index (Phi) is 5.57. The highest BCUT2D eigenvalue weighted by molar-refractivity contribution is 6.28. The summed E-state index contributed by atoms with van der Waals surface area (Å²) in [5, 5.41) is 9.15. The zero-order valence-corrected chi connectivity index (χ0v) is 25.4. The lowest BCUT2D eigenvalue weighted by molar-refractivity contribution is 0.664. The number of fused-ring (bicyclic) bond motifs is 10. The fourth-order valence-corrected chi connectivity index (χ4v) is 7.18. The Hall–Kier alpha value is -6.32. The van der Waals surface area contributed by atoms with Crippen molar-refractivity contribution in [3.63, 3.8) is 0 Å². The van der Waals surface area contributed by atoms with E-state index in [0.717, 1.165) is 66.3 Å². The lowest BCUT2D eigenvalue weighted by Gasteiger charge is -2.25. The summed E-state index contributed by atoms with van der Waals surface area (Å²) in [7, 11) is 0. The molecule has 0 saturated heterocycles. The molecule has 0 aliphatic rings. The highest BCUT2D eigenvalue weighted by Crippen LogP contribution is 2.44. The van der Waals surface area contributed by atoms with E-state index in [1.807, 2.05) is 12.1 Å². The summed E-state index contributed by atoms with van der Waals surface area (Å²) in [4.78, 5) is 2.28. The van der Waals surface area contributed by atoms with Crippen LogP contribution in [0.1, 0.15) is 0 Å². The van der Waals surface area contributed by atoms with E-state index in [1.165, 1.54) is 27.3 Å². The van der Waals surface area contributed by atoms with Crippen LogP contribution in [0.4, 0.5) is 17.1 Å². The van der Waals surface area contributed by atoms with E-state index >= 15 is 0 Å². The van der Waals surface area contributed by atoms with Crippen molar-refractivity contribution in [2.75, 3.05) is 4.90 Å². The summed E-state index contributed by atoms with van der Waals surface area (Å²) in [6.45, 7) is 0. The Morgan fingerprint density at radius 1 is 0.340 bits per heavy atom. The minimum absolute atomic E-state index is 0.842. The van der Waals surface area contributed by atoms with E-state index in [1.54, 1.807) is 0 Å². The van der Waals surface area contributed by atoms with Gasteiger partial charge in [0.05, 0.1) is 0 Å². The van der Waals surface area contributed by atoms with Crippen molar-refractivity contribution in [1.29, 1.82) is 0 Å². The number of rotatable bonds is 4. The van der Waals surface area contributed by atoms with Gasteiger partial charge in [-0.05, 0) is 87.9 Å².